The lowest BCUT2D eigenvalue weighted by molar-refractivity contribution is -0.115. The molecule has 2 aliphatic heterocycles. The van der Waals surface area contributed by atoms with Crippen molar-refractivity contribution in [1.82, 2.24) is 9.62 Å². The van der Waals surface area contributed by atoms with Crippen molar-refractivity contribution in [1.29, 1.82) is 0 Å². The van der Waals surface area contributed by atoms with Gasteiger partial charge in [0, 0.05) is 19.4 Å². The summed E-state index contributed by atoms with van der Waals surface area (Å²) in [5.74, 6) is 0.252. The van der Waals surface area contributed by atoms with E-state index in [0.717, 1.165) is 5.56 Å². The Morgan fingerprint density at radius 3 is 2.79 bits per heavy atom. The fourth-order valence-electron chi connectivity index (χ4n) is 3.47. The number of hydrogen-bond acceptors (Lipinski definition) is 6. The van der Waals surface area contributed by atoms with Crippen LogP contribution >= 0.6 is 0 Å². The monoisotopic (exact) mass is 403 g/mol. The van der Waals surface area contributed by atoms with Crippen molar-refractivity contribution in [3.63, 3.8) is 0 Å². The van der Waals surface area contributed by atoms with Crippen molar-refractivity contribution >= 4 is 21.6 Å². The highest BCUT2D eigenvalue weighted by molar-refractivity contribution is 7.88. The maximum Gasteiger partial charge on any atom is 0.269 e. The maximum absolute atomic E-state index is 12.7. The van der Waals surface area contributed by atoms with E-state index in [1.807, 2.05) is 18.2 Å². The van der Waals surface area contributed by atoms with Gasteiger partial charge in [0.1, 0.15) is 11.5 Å². The van der Waals surface area contributed by atoms with Crippen LogP contribution in [0.1, 0.15) is 24.2 Å². The highest BCUT2D eigenvalue weighted by Gasteiger charge is 2.49. The van der Waals surface area contributed by atoms with Crippen molar-refractivity contribution in [2.24, 2.45) is 5.16 Å². The van der Waals surface area contributed by atoms with Gasteiger partial charge in [-0.05, 0) is 17.7 Å². The van der Waals surface area contributed by atoms with Gasteiger partial charge >= 0.3 is 0 Å². The molecule has 0 radical (unpaired) electrons. The van der Waals surface area contributed by atoms with E-state index in [0.29, 0.717) is 18.7 Å². The fraction of sp³-hybridized carbons (Fsp3) is 0.368. The molecule has 0 bridgehead atoms. The van der Waals surface area contributed by atoms with Gasteiger partial charge in [0.25, 0.3) is 5.91 Å². The van der Waals surface area contributed by atoms with E-state index < -0.39 is 15.6 Å². The predicted octanol–water partition coefficient (Wildman–Crippen LogP) is 1.65. The summed E-state index contributed by atoms with van der Waals surface area (Å²) in [6, 6.07) is 12.6. The third-order valence-electron chi connectivity index (χ3n) is 4.97. The van der Waals surface area contributed by atoms with Gasteiger partial charge in [-0.1, -0.05) is 35.5 Å². The van der Waals surface area contributed by atoms with Crippen LogP contribution in [0, 0.1) is 0 Å². The molecule has 1 atom stereocenters. The molecule has 1 aromatic carbocycles. The Bertz CT molecular complexity index is 972. The van der Waals surface area contributed by atoms with E-state index in [1.54, 1.807) is 24.3 Å². The van der Waals surface area contributed by atoms with E-state index in [1.165, 1.54) is 10.6 Å². The first kappa shape index (κ1) is 18.7. The van der Waals surface area contributed by atoms with Crippen molar-refractivity contribution in [2.75, 3.05) is 13.1 Å². The summed E-state index contributed by atoms with van der Waals surface area (Å²) in [6.07, 6.45) is 2.32. The summed E-state index contributed by atoms with van der Waals surface area (Å²) in [6.45, 7) is 0.808. The second-order valence-corrected chi connectivity index (χ2v) is 9.05. The highest BCUT2D eigenvalue weighted by Crippen LogP contribution is 2.35. The Morgan fingerprint density at radius 2 is 2.04 bits per heavy atom. The second-order valence-electron chi connectivity index (χ2n) is 7.08. The number of amides is 1. The lowest BCUT2D eigenvalue weighted by Gasteiger charge is -2.21. The van der Waals surface area contributed by atoms with Gasteiger partial charge in [-0.15, -0.1) is 0 Å². The zero-order chi connectivity index (χ0) is 19.6. The highest BCUT2D eigenvalue weighted by atomic mass is 32.2. The van der Waals surface area contributed by atoms with Gasteiger partial charge in [-0.2, -0.15) is 4.31 Å². The Hall–Kier alpha value is -2.65. The summed E-state index contributed by atoms with van der Waals surface area (Å²) in [4.78, 5) is 17.9. The molecule has 1 N–H and O–H groups in total. The van der Waals surface area contributed by atoms with Gasteiger partial charge in [0.2, 0.25) is 10.0 Å². The largest absolute Gasteiger partial charge is 0.467 e. The number of carbonyl (C=O) groups is 1. The second kappa shape index (κ2) is 7.40. The van der Waals surface area contributed by atoms with Crippen molar-refractivity contribution in [3.8, 4) is 0 Å². The van der Waals surface area contributed by atoms with E-state index in [2.05, 4.69) is 10.5 Å². The summed E-state index contributed by atoms with van der Waals surface area (Å²) in [7, 11) is -3.46. The van der Waals surface area contributed by atoms with E-state index in [4.69, 9.17) is 9.25 Å². The van der Waals surface area contributed by atoms with Gasteiger partial charge in [0.05, 0.1) is 25.1 Å². The average Bonchev–Trinajstić information content (AvgIpc) is 3.43. The number of oxime groups is 1. The molecule has 148 valence electrons. The molecular formula is C19H21N3O5S. The van der Waals surface area contributed by atoms with Crippen LogP contribution in [0.3, 0.4) is 0 Å². The number of furan rings is 1. The summed E-state index contributed by atoms with van der Waals surface area (Å²) >= 11 is 0. The van der Waals surface area contributed by atoms with Crippen LogP contribution in [0.2, 0.25) is 0 Å². The molecule has 0 saturated carbocycles. The smallest absolute Gasteiger partial charge is 0.269 e. The zero-order valence-corrected chi connectivity index (χ0v) is 16.0. The first-order chi connectivity index (χ1) is 13.5. The summed E-state index contributed by atoms with van der Waals surface area (Å²) < 4.78 is 32.1. The number of benzene rings is 1. The molecule has 1 amide bonds. The van der Waals surface area contributed by atoms with Gasteiger partial charge < -0.3 is 14.6 Å². The molecule has 3 heterocycles. The van der Waals surface area contributed by atoms with Crippen LogP contribution in [0.15, 0.2) is 58.3 Å². The number of rotatable bonds is 6. The molecule has 4 rings (SSSR count). The minimum atomic E-state index is -3.46. The SMILES string of the molecule is O=C(NCc1ccco1)C1=NO[C@]2(CCN(S(=O)(=O)Cc3ccccc3)C2)C1. The number of nitrogens with zero attached hydrogens (tertiary/aromatic N) is 2. The summed E-state index contributed by atoms with van der Waals surface area (Å²) in [5, 5.41) is 6.66. The Balaban J connectivity index is 1.34. The Labute approximate surface area is 163 Å². The average molecular weight is 403 g/mol. The number of carbonyl (C=O) groups excluding carboxylic acids is 1. The van der Waals surface area contributed by atoms with E-state index in [-0.39, 0.29) is 36.9 Å². The van der Waals surface area contributed by atoms with Gasteiger partial charge in [-0.25, -0.2) is 8.42 Å². The van der Waals surface area contributed by atoms with Crippen LogP contribution < -0.4 is 5.32 Å². The maximum atomic E-state index is 12.7. The molecule has 1 spiro atoms. The topological polar surface area (TPSA) is 101 Å². The third kappa shape index (κ3) is 3.95. The molecule has 1 fully saturated rings. The first-order valence-corrected chi connectivity index (χ1v) is 10.6. The lowest BCUT2D eigenvalue weighted by Crippen LogP contribution is -2.38. The van der Waals surface area contributed by atoms with Gasteiger partial charge in [-0.3, -0.25) is 4.79 Å². The van der Waals surface area contributed by atoms with Crippen molar-refractivity contribution < 1.29 is 22.5 Å². The molecule has 1 saturated heterocycles. The van der Waals surface area contributed by atoms with Crippen LogP contribution in [-0.4, -0.2) is 43.0 Å². The number of sulfonamides is 1. The molecule has 0 unspecified atom stereocenters. The Morgan fingerprint density at radius 1 is 1.21 bits per heavy atom. The fourth-order valence-corrected chi connectivity index (χ4v) is 5.06. The molecule has 0 aliphatic carbocycles. The first-order valence-electron chi connectivity index (χ1n) is 9.03. The molecule has 9 heteroatoms. The summed E-state index contributed by atoms with van der Waals surface area (Å²) in [5.41, 5.74) is 0.250. The number of nitrogens with one attached hydrogen (secondary N) is 1. The number of hydrogen-bond donors (Lipinski definition) is 1. The van der Waals surface area contributed by atoms with Crippen molar-refractivity contribution in [3.05, 3.63) is 60.1 Å². The zero-order valence-electron chi connectivity index (χ0n) is 15.2. The molecule has 2 aliphatic rings. The minimum Gasteiger partial charge on any atom is -0.467 e. The van der Waals surface area contributed by atoms with Crippen molar-refractivity contribution in [2.45, 2.75) is 30.7 Å². The quantitative estimate of drug-likeness (QED) is 0.790. The molecule has 8 nitrogen and oxygen atoms in total. The lowest BCUT2D eigenvalue weighted by atomic mass is 9.96. The third-order valence-corrected chi connectivity index (χ3v) is 6.77. The van der Waals surface area contributed by atoms with Crippen LogP contribution in [0.4, 0.5) is 0 Å². The van der Waals surface area contributed by atoms with Crippen LogP contribution in [0.5, 0.6) is 0 Å². The normalized spacial score (nSPS) is 22.2. The molecular weight excluding hydrogens is 382 g/mol. The molecule has 28 heavy (non-hydrogen) atoms. The predicted molar refractivity (Wildman–Crippen MR) is 102 cm³/mol. The van der Waals surface area contributed by atoms with Gasteiger partial charge in [0.15, 0.2) is 5.60 Å². The molecule has 2 aromatic rings. The standard InChI is InChI=1S/C19H21N3O5S/c23-18(20-12-16-7-4-10-26-16)17-11-19(27-21-17)8-9-22(14-19)28(24,25)13-15-5-2-1-3-6-15/h1-7,10H,8-9,11-14H2,(H,20,23)/t19-/m1/s1. The molecule has 1 aromatic heterocycles. The Kier molecular flexibility index (Phi) is 4.94. The van der Waals surface area contributed by atoms with Crippen LogP contribution in [-0.2, 0) is 32.0 Å². The minimum absolute atomic E-state index is 0.0543. The van der Waals surface area contributed by atoms with E-state index in [9.17, 15) is 13.2 Å². The van der Waals surface area contributed by atoms with E-state index >= 15 is 0 Å². The van der Waals surface area contributed by atoms with Crippen LogP contribution in [0.25, 0.3) is 0 Å².